The molecule has 120 valence electrons. The summed E-state index contributed by atoms with van der Waals surface area (Å²) in [7, 11) is 0. The van der Waals surface area contributed by atoms with Crippen LogP contribution in [0.5, 0.6) is 5.75 Å². The Hall–Kier alpha value is -2.55. The van der Waals surface area contributed by atoms with Gasteiger partial charge in [-0.15, -0.1) is 0 Å². The summed E-state index contributed by atoms with van der Waals surface area (Å²) in [5.74, 6) is -0.204. The molecule has 0 unspecified atom stereocenters. The van der Waals surface area contributed by atoms with Gasteiger partial charge in [0.1, 0.15) is 5.75 Å². The summed E-state index contributed by atoms with van der Waals surface area (Å²) in [5, 5.41) is 9.53. The molecule has 0 atom stereocenters. The average molecular weight is 310 g/mol. The fourth-order valence-electron chi connectivity index (χ4n) is 2.31. The molecule has 3 nitrogen and oxygen atoms in total. The van der Waals surface area contributed by atoms with Gasteiger partial charge in [-0.3, -0.25) is 0 Å². The number of carboxylic acids is 1. The molecular formula is C20H22O3. The minimum absolute atomic E-state index is 0.0785. The largest absolute Gasteiger partial charge is 0.491 e. The molecule has 0 spiro atoms. The lowest BCUT2D eigenvalue weighted by Gasteiger charge is -2.10. The van der Waals surface area contributed by atoms with Crippen LogP contribution in [-0.2, 0) is 11.2 Å². The van der Waals surface area contributed by atoms with E-state index in [1.165, 1.54) is 5.56 Å². The summed E-state index contributed by atoms with van der Waals surface area (Å²) in [6.07, 6.45) is 2.69. The van der Waals surface area contributed by atoms with Gasteiger partial charge in [0.15, 0.2) is 0 Å². The highest BCUT2D eigenvalue weighted by molar-refractivity contribution is 6.20. The zero-order valence-corrected chi connectivity index (χ0v) is 13.7. The maximum atomic E-state index is 11.6. The standard InChI is InChI=1S/C20H22O3/c1-4-15-8-10-17(11-9-15)19(20(21)22)13-16-6-5-7-18(12-16)23-14(2)3/h5-14H,4H2,1-3H3,(H,21,22)/b19-13-. The number of hydrogen-bond donors (Lipinski definition) is 1. The zero-order valence-electron chi connectivity index (χ0n) is 13.7. The summed E-state index contributed by atoms with van der Waals surface area (Å²) in [6, 6.07) is 15.1. The molecule has 23 heavy (non-hydrogen) atoms. The van der Waals surface area contributed by atoms with Crippen LogP contribution in [0.3, 0.4) is 0 Å². The Morgan fingerprint density at radius 1 is 1.17 bits per heavy atom. The van der Waals surface area contributed by atoms with Crippen molar-refractivity contribution in [1.82, 2.24) is 0 Å². The molecule has 2 aromatic rings. The van der Waals surface area contributed by atoms with Gasteiger partial charge in [0.2, 0.25) is 0 Å². The van der Waals surface area contributed by atoms with Gasteiger partial charge < -0.3 is 9.84 Å². The normalized spacial score (nSPS) is 11.6. The second kappa shape index (κ2) is 7.63. The van der Waals surface area contributed by atoms with Crippen LogP contribution in [0.25, 0.3) is 11.6 Å². The fourth-order valence-corrected chi connectivity index (χ4v) is 2.31. The van der Waals surface area contributed by atoms with E-state index in [-0.39, 0.29) is 11.7 Å². The quantitative estimate of drug-likeness (QED) is 0.623. The summed E-state index contributed by atoms with van der Waals surface area (Å²) in [4.78, 5) is 11.6. The van der Waals surface area contributed by atoms with E-state index in [1.54, 1.807) is 6.08 Å². The van der Waals surface area contributed by atoms with Crippen molar-refractivity contribution in [2.75, 3.05) is 0 Å². The molecule has 0 bridgehead atoms. The van der Waals surface area contributed by atoms with Gasteiger partial charge in [0.05, 0.1) is 11.7 Å². The molecule has 0 aliphatic rings. The minimum Gasteiger partial charge on any atom is -0.491 e. The number of rotatable bonds is 6. The molecule has 3 heteroatoms. The maximum Gasteiger partial charge on any atom is 0.336 e. The summed E-state index contributed by atoms with van der Waals surface area (Å²) < 4.78 is 5.66. The van der Waals surface area contributed by atoms with E-state index in [2.05, 4.69) is 6.92 Å². The fraction of sp³-hybridized carbons (Fsp3) is 0.250. The Bertz CT molecular complexity index is 697. The van der Waals surface area contributed by atoms with Crippen LogP contribution >= 0.6 is 0 Å². The molecular weight excluding hydrogens is 288 g/mol. The van der Waals surface area contributed by atoms with Crippen LogP contribution in [0.1, 0.15) is 37.5 Å². The molecule has 2 aromatic carbocycles. The number of aryl methyl sites for hydroxylation is 1. The van der Waals surface area contributed by atoms with Crippen molar-refractivity contribution in [1.29, 1.82) is 0 Å². The van der Waals surface area contributed by atoms with Crippen molar-refractivity contribution in [3.05, 3.63) is 65.2 Å². The van der Waals surface area contributed by atoms with E-state index in [4.69, 9.17) is 4.74 Å². The molecule has 0 aliphatic carbocycles. The van der Waals surface area contributed by atoms with Crippen molar-refractivity contribution in [3.8, 4) is 5.75 Å². The Morgan fingerprint density at radius 2 is 1.87 bits per heavy atom. The third-order valence-electron chi connectivity index (χ3n) is 3.44. The first-order chi connectivity index (χ1) is 11.0. The number of carbonyl (C=O) groups is 1. The molecule has 1 N–H and O–H groups in total. The van der Waals surface area contributed by atoms with Crippen LogP contribution in [0, 0.1) is 0 Å². The first-order valence-corrected chi connectivity index (χ1v) is 7.80. The molecule has 0 heterocycles. The monoisotopic (exact) mass is 310 g/mol. The molecule has 0 saturated heterocycles. The Morgan fingerprint density at radius 3 is 2.43 bits per heavy atom. The van der Waals surface area contributed by atoms with Gasteiger partial charge in [-0.1, -0.05) is 43.3 Å². The number of aliphatic carboxylic acids is 1. The van der Waals surface area contributed by atoms with Gasteiger partial charge in [0.25, 0.3) is 0 Å². The van der Waals surface area contributed by atoms with Gasteiger partial charge in [-0.05, 0) is 55.2 Å². The molecule has 0 amide bonds. The van der Waals surface area contributed by atoms with Crippen molar-refractivity contribution < 1.29 is 14.6 Å². The number of carboxylic acid groups (broad SMARTS) is 1. The van der Waals surface area contributed by atoms with E-state index in [9.17, 15) is 9.90 Å². The summed E-state index contributed by atoms with van der Waals surface area (Å²) >= 11 is 0. The molecule has 2 rings (SSSR count). The van der Waals surface area contributed by atoms with Crippen LogP contribution < -0.4 is 4.74 Å². The predicted molar refractivity (Wildman–Crippen MR) is 93.5 cm³/mol. The first-order valence-electron chi connectivity index (χ1n) is 7.80. The Kier molecular flexibility index (Phi) is 5.58. The molecule has 0 radical (unpaired) electrons. The number of hydrogen-bond acceptors (Lipinski definition) is 2. The van der Waals surface area contributed by atoms with Crippen molar-refractivity contribution in [2.24, 2.45) is 0 Å². The Labute approximate surface area is 137 Å². The van der Waals surface area contributed by atoms with Gasteiger partial charge in [-0.25, -0.2) is 4.79 Å². The topological polar surface area (TPSA) is 46.5 Å². The van der Waals surface area contributed by atoms with E-state index in [1.807, 2.05) is 62.4 Å². The van der Waals surface area contributed by atoms with Gasteiger partial charge >= 0.3 is 5.97 Å². The number of benzene rings is 2. The minimum atomic E-state index is -0.940. The van der Waals surface area contributed by atoms with Crippen LogP contribution in [0.4, 0.5) is 0 Å². The smallest absolute Gasteiger partial charge is 0.336 e. The first kappa shape index (κ1) is 16.8. The predicted octanol–water partition coefficient (Wildman–Crippen LogP) is 4.66. The zero-order chi connectivity index (χ0) is 16.8. The lowest BCUT2D eigenvalue weighted by atomic mass is 10.0. The maximum absolute atomic E-state index is 11.6. The lowest BCUT2D eigenvalue weighted by molar-refractivity contribution is -0.130. The van der Waals surface area contributed by atoms with Crippen LogP contribution in [-0.4, -0.2) is 17.2 Å². The molecule has 0 aliphatic heterocycles. The van der Waals surface area contributed by atoms with Gasteiger partial charge in [0, 0.05) is 0 Å². The van der Waals surface area contributed by atoms with Crippen molar-refractivity contribution in [3.63, 3.8) is 0 Å². The lowest BCUT2D eigenvalue weighted by Crippen LogP contribution is -2.05. The summed E-state index contributed by atoms with van der Waals surface area (Å²) in [6.45, 7) is 5.99. The second-order valence-corrected chi connectivity index (χ2v) is 5.65. The van der Waals surface area contributed by atoms with Crippen molar-refractivity contribution in [2.45, 2.75) is 33.3 Å². The molecule has 0 saturated carbocycles. The molecule has 0 fully saturated rings. The molecule has 0 aromatic heterocycles. The SMILES string of the molecule is CCc1ccc(/C(=C/c2cccc(OC(C)C)c2)C(=O)O)cc1. The second-order valence-electron chi connectivity index (χ2n) is 5.65. The third-order valence-corrected chi connectivity index (χ3v) is 3.44. The van der Waals surface area contributed by atoms with E-state index in [0.29, 0.717) is 5.56 Å². The average Bonchev–Trinajstić information content (AvgIpc) is 2.52. The van der Waals surface area contributed by atoms with E-state index in [0.717, 1.165) is 17.7 Å². The highest BCUT2D eigenvalue weighted by Gasteiger charge is 2.11. The summed E-state index contributed by atoms with van der Waals surface area (Å²) in [5.41, 5.74) is 2.96. The van der Waals surface area contributed by atoms with E-state index >= 15 is 0 Å². The highest BCUT2D eigenvalue weighted by Crippen LogP contribution is 2.22. The van der Waals surface area contributed by atoms with Crippen LogP contribution in [0.2, 0.25) is 0 Å². The Balaban J connectivity index is 2.36. The van der Waals surface area contributed by atoms with Crippen molar-refractivity contribution >= 4 is 17.6 Å². The highest BCUT2D eigenvalue weighted by atomic mass is 16.5. The van der Waals surface area contributed by atoms with E-state index < -0.39 is 5.97 Å². The van der Waals surface area contributed by atoms with Crippen LogP contribution in [0.15, 0.2) is 48.5 Å². The number of ether oxygens (including phenoxy) is 1. The third kappa shape index (κ3) is 4.71. The van der Waals surface area contributed by atoms with Gasteiger partial charge in [-0.2, -0.15) is 0 Å².